The Morgan fingerprint density at radius 3 is 2.65 bits per heavy atom. The third kappa shape index (κ3) is 3.33. The van der Waals surface area contributed by atoms with Gasteiger partial charge in [-0.2, -0.15) is 0 Å². The molecule has 118 valence electrons. The molecule has 6 heteroatoms. The molecule has 0 amide bonds. The highest BCUT2D eigenvalue weighted by molar-refractivity contribution is 7.89. The molecule has 0 saturated heterocycles. The van der Waals surface area contributed by atoms with Gasteiger partial charge in [0.2, 0.25) is 0 Å². The summed E-state index contributed by atoms with van der Waals surface area (Å²) in [6.07, 6.45) is 2.51. The van der Waals surface area contributed by atoms with Crippen LogP contribution in [-0.2, 0) is 16.2 Å². The number of nitrogens with zero attached hydrogens (tertiary/aromatic N) is 1. The van der Waals surface area contributed by atoms with E-state index in [1.807, 2.05) is 0 Å². The Hall–Kier alpha value is -1.66. The van der Waals surface area contributed by atoms with Crippen molar-refractivity contribution >= 4 is 29.2 Å². The Morgan fingerprint density at radius 1 is 1.26 bits per heavy atom. The minimum Gasteiger partial charge on any atom is -0.593 e. The number of benzene rings is 2. The third-order valence-corrected chi connectivity index (χ3v) is 5.34. The Balaban J connectivity index is 1.94. The molecular formula is C17H13ClFNO2S. The molecule has 1 aliphatic heterocycles. The van der Waals surface area contributed by atoms with Crippen molar-refractivity contribution in [1.29, 1.82) is 0 Å². The molecule has 0 N–H and O–H groups in total. The van der Waals surface area contributed by atoms with E-state index in [1.54, 1.807) is 40.7 Å². The van der Waals surface area contributed by atoms with Crippen molar-refractivity contribution in [2.45, 2.75) is 10.9 Å². The molecule has 0 aromatic heterocycles. The first kappa shape index (κ1) is 16.2. The first-order chi connectivity index (χ1) is 11.1. The number of carbonyl (C=O) groups excluding carboxylic acids is 1. The van der Waals surface area contributed by atoms with Crippen molar-refractivity contribution in [3.05, 3.63) is 76.6 Å². The summed E-state index contributed by atoms with van der Waals surface area (Å²) < 4.78 is 27.8. The van der Waals surface area contributed by atoms with E-state index in [9.17, 15) is 13.7 Å². The van der Waals surface area contributed by atoms with Crippen LogP contribution in [0.3, 0.4) is 0 Å². The van der Waals surface area contributed by atoms with Crippen LogP contribution in [0.25, 0.3) is 0 Å². The van der Waals surface area contributed by atoms with Gasteiger partial charge in [-0.15, -0.1) is 4.31 Å². The summed E-state index contributed by atoms with van der Waals surface area (Å²) in [5.74, 6) is -0.443. The van der Waals surface area contributed by atoms with Crippen molar-refractivity contribution in [2.75, 3.05) is 6.54 Å². The van der Waals surface area contributed by atoms with E-state index in [1.165, 1.54) is 18.2 Å². The second-order valence-corrected chi connectivity index (χ2v) is 6.96. The lowest BCUT2D eigenvalue weighted by molar-refractivity contribution is -0.105. The average molecular weight is 350 g/mol. The Kier molecular flexibility index (Phi) is 4.82. The van der Waals surface area contributed by atoms with E-state index >= 15 is 0 Å². The quantitative estimate of drug-likeness (QED) is 0.624. The number of rotatable bonds is 4. The fourth-order valence-corrected chi connectivity index (χ4v) is 4.02. The molecule has 3 rings (SSSR count). The largest absolute Gasteiger partial charge is 0.593 e. The second-order valence-electron chi connectivity index (χ2n) is 5.08. The van der Waals surface area contributed by atoms with Gasteiger partial charge in [0.05, 0.1) is 17.9 Å². The standard InChI is InChI=1S/C17H13ClFNO2S/c18-14-6-4-12(5-7-14)17-13(11-21)8-9-20(17)23(22)16-3-1-2-15(19)10-16/h1-8,10-11,17H,9H2. The zero-order chi connectivity index (χ0) is 16.4. The topological polar surface area (TPSA) is 43.4 Å². The van der Waals surface area contributed by atoms with Crippen molar-refractivity contribution in [1.82, 2.24) is 4.31 Å². The van der Waals surface area contributed by atoms with Crippen LogP contribution in [-0.4, -0.2) is 21.7 Å². The van der Waals surface area contributed by atoms with Gasteiger partial charge in [0.15, 0.2) is 4.90 Å². The molecule has 0 aliphatic carbocycles. The summed E-state index contributed by atoms with van der Waals surface area (Å²) in [6, 6.07) is 12.3. The molecule has 2 atom stereocenters. The van der Waals surface area contributed by atoms with Crippen LogP contribution < -0.4 is 0 Å². The summed E-state index contributed by atoms with van der Waals surface area (Å²) in [4.78, 5) is 11.7. The highest BCUT2D eigenvalue weighted by Crippen LogP contribution is 2.37. The van der Waals surface area contributed by atoms with Crippen LogP contribution in [0, 0.1) is 5.82 Å². The highest BCUT2D eigenvalue weighted by Gasteiger charge is 2.37. The van der Waals surface area contributed by atoms with Crippen molar-refractivity contribution in [3.8, 4) is 0 Å². The minimum atomic E-state index is -1.58. The molecular weight excluding hydrogens is 337 g/mol. The maximum Gasteiger partial charge on any atom is 0.177 e. The number of carbonyl (C=O) groups is 1. The number of hydrogen-bond donors (Lipinski definition) is 0. The SMILES string of the molecule is O=CC1=CCN([S+]([O-])c2cccc(F)c2)C1c1ccc(Cl)cc1. The highest BCUT2D eigenvalue weighted by atomic mass is 35.5. The van der Waals surface area contributed by atoms with Crippen LogP contribution in [0.2, 0.25) is 5.02 Å². The summed E-state index contributed by atoms with van der Waals surface area (Å²) >= 11 is 4.32. The zero-order valence-electron chi connectivity index (χ0n) is 12.0. The summed E-state index contributed by atoms with van der Waals surface area (Å²) in [5.41, 5.74) is 1.35. The number of hydrogen-bond acceptors (Lipinski definition) is 3. The monoisotopic (exact) mass is 349 g/mol. The van der Waals surface area contributed by atoms with Gasteiger partial charge in [-0.25, -0.2) is 4.39 Å². The third-order valence-electron chi connectivity index (χ3n) is 3.64. The van der Waals surface area contributed by atoms with Crippen molar-refractivity contribution in [2.24, 2.45) is 0 Å². The molecule has 1 heterocycles. The minimum absolute atomic E-state index is 0.352. The van der Waals surface area contributed by atoms with Crippen molar-refractivity contribution in [3.63, 3.8) is 0 Å². The number of halogens is 2. The molecule has 3 nitrogen and oxygen atoms in total. The Bertz CT molecular complexity index is 751. The van der Waals surface area contributed by atoms with Crippen LogP contribution in [0.4, 0.5) is 4.39 Å². The lowest BCUT2D eigenvalue weighted by atomic mass is 10.0. The maximum atomic E-state index is 13.4. The average Bonchev–Trinajstić information content (AvgIpc) is 2.99. The van der Waals surface area contributed by atoms with Gasteiger partial charge in [-0.1, -0.05) is 35.9 Å². The molecule has 2 unspecified atom stereocenters. The lowest BCUT2D eigenvalue weighted by Crippen LogP contribution is -2.32. The van der Waals surface area contributed by atoms with Gasteiger partial charge in [0, 0.05) is 16.7 Å². The molecule has 0 fully saturated rings. The molecule has 2 aromatic rings. The lowest BCUT2D eigenvalue weighted by Gasteiger charge is -2.26. The Morgan fingerprint density at radius 2 is 2.00 bits per heavy atom. The van der Waals surface area contributed by atoms with Gasteiger partial charge >= 0.3 is 0 Å². The van der Waals surface area contributed by atoms with Crippen LogP contribution >= 0.6 is 11.6 Å². The zero-order valence-corrected chi connectivity index (χ0v) is 13.6. The molecule has 1 aliphatic rings. The maximum absolute atomic E-state index is 13.4. The van der Waals surface area contributed by atoms with Gasteiger partial charge in [-0.05, 0) is 29.8 Å². The molecule has 0 spiro atoms. The van der Waals surface area contributed by atoms with Gasteiger partial charge < -0.3 is 4.55 Å². The second kappa shape index (κ2) is 6.84. The molecule has 0 bridgehead atoms. The van der Waals surface area contributed by atoms with Gasteiger partial charge in [-0.3, -0.25) is 4.79 Å². The van der Waals surface area contributed by atoms with Crippen molar-refractivity contribution < 1.29 is 13.7 Å². The predicted octanol–water partition coefficient (Wildman–Crippen LogP) is 3.68. The van der Waals surface area contributed by atoms with E-state index in [0.717, 1.165) is 11.8 Å². The number of aldehydes is 1. The van der Waals surface area contributed by atoms with E-state index in [4.69, 9.17) is 11.6 Å². The van der Waals surface area contributed by atoms with E-state index in [-0.39, 0.29) is 0 Å². The summed E-state index contributed by atoms with van der Waals surface area (Å²) in [7, 11) is 0. The smallest absolute Gasteiger partial charge is 0.177 e. The van der Waals surface area contributed by atoms with Crippen LogP contribution in [0.5, 0.6) is 0 Å². The Labute approximate surface area is 141 Å². The normalized spacial score (nSPS) is 19.4. The molecule has 0 radical (unpaired) electrons. The molecule has 0 saturated carbocycles. The summed E-state index contributed by atoms with van der Waals surface area (Å²) in [5, 5.41) is 0.584. The van der Waals surface area contributed by atoms with E-state index in [2.05, 4.69) is 0 Å². The van der Waals surface area contributed by atoms with Gasteiger partial charge in [0.25, 0.3) is 0 Å². The van der Waals surface area contributed by atoms with Gasteiger partial charge in [0.1, 0.15) is 18.1 Å². The first-order valence-electron chi connectivity index (χ1n) is 6.95. The van der Waals surface area contributed by atoms with E-state index in [0.29, 0.717) is 22.0 Å². The van der Waals surface area contributed by atoms with E-state index < -0.39 is 23.2 Å². The molecule has 2 aromatic carbocycles. The van der Waals surface area contributed by atoms with Crippen LogP contribution in [0.15, 0.2) is 65.1 Å². The fraction of sp³-hybridized carbons (Fsp3) is 0.118. The predicted molar refractivity (Wildman–Crippen MR) is 87.9 cm³/mol. The first-order valence-corrected chi connectivity index (χ1v) is 8.43. The van der Waals surface area contributed by atoms with Crippen LogP contribution in [0.1, 0.15) is 11.6 Å². The summed E-state index contributed by atoms with van der Waals surface area (Å²) in [6.45, 7) is 0.352. The molecule has 23 heavy (non-hydrogen) atoms. The fourth-order valence-electron chi connectivity index (χ4n) is 2.57.